The average molecular weight is 478 g/mol. The molecule has 0 bridgehead atoms. The number of halogens is 5. The van der Waals surface area contributed by atoms with Crippen molar-refractivity contribution in [2.24, 2.45) is 0 Å². The van der Waals surface area contributed by atoms with Gasteiger partial charge in [0, 0.05) is 10.5 Å². The summed E-state index contributed by atoms with van der Waals surface area (Å²) in [6, 6.07) is 7.37. The summed E-state index contributed by atoms with van der Waals surface area (Å²) < 4.78 is 58.4. The van der Waals surface area contributed by atoms with E-state index in [-0.39, 0.29) is 16.8 Å². The lowest BCUT2D eigenvalue weighted by atomic mass is 10.1. The van der Waals surface area contributed by atoms with Crippen LogP contribution < -0.4 is 14.8 Å². The lowest BCUT2D eigenvalue weighted by Gasteiger charge is -2.12. The molecule has 154 valence electrons. The summed E-state index contributed by atoms with van der Waals surface area (Å²) >= 11 is 3.16. The molecule has 0 saturated heterocycles. The fourth-order valence-electron chi connectivity index (χ4n) is 2.16. The van der Waals surface area contributed by atoms with Gasteiger partial charge >= 0.3 is 19.2 Å². The molecule has 0 atom stereocenters. The maximum absolute atomic E-state index is 12.5. The fraction of sp³-hybridized carbons (Fsp3) is 0.111. The van der Waals surface area contributed by atoms with Gasteiger partial charge in [0.2, 0.25) is 5.91 Å². The van der Waals surface area contributed by atoms with E-state index in [1.807, 2.05) is 0 Å². The lowest BCUT2D eigenvalue weighted by Crippen LogP contribution is -2.12. The number of benzene rings is 2. The van der Waals surface area contributed by atoms with Gasteiger partial charge in [0.1, 0.15) is 0 Å². The lowest BCUT2D eigenvalue weighted by molar-refractivity contribution is -0.111. The molecule has 2 N–H and O–H groups in total. The van der Waals surface area contributed by atoms with Crippen molar-refractivity contribution in [2.45, 2.75) is 13.2 Å². The number of ether oxygens (including phenoxy) is 2. The van der Waals surface area contributed by atoms with Gasteiger partial charge in [-0.25, -0.2) is 4.79 Å². The highest BCUT2D eigenvalue weighted by Crippen LogP contribution is 2.31. The molecule has 0 heterocycles. The van der Waals surface area contributed by atoms with Crippen LogP contribution in [0.1, 0.15) is 15.9 Å². The maximum Gasteiger partial charge on any atom is 0.387 e. The second-order valence-electron chi connectivity index (χ2n) is 5.28. The minimum absolute atomic E-state index is 0.0314. The summed E-state index contributed by atoms with van der Waals surface area (Å²) in [6.07, 6.45) is 2.19. The Kier molecular flexibility index (Phi) is 7.59. The van der Waals surface area contributed by atoms with Crippen molar-refractivity contribution in [3.05, 3.63) is 58.1 Å². The van der Waals surface area contributed by atoms with E-state index in [9.17, 15) is 27.2 Å². The largest absolute Gasteiger partial charge is 0.478 e. The number of anilines is 1. The van der Waals surface area contributed by atoms with Crippen LogP contribution in [0.25, 0.3) is 6.08 Å². The highest BCUT2D eigenvalue weighted by molar-refractivity contribution is 9.10. The van der Waals surface area contributed by atoms with Crippen LogP contribution in [0, 0.1) is 0 Å². The van der Waals surface area contributed by atoms with Gasteiger partial charge in [-0.1, -0.05) is 22.0 Å². The zero-order valence-corrected chi connectivity index (χ0v) is 15.8. The van der Waals surface area contributed by atoms with Crippen molar-refractivity contribution in [3.63, 3.8) is 0 Å². The first-order valence-corrected chi connectivity index (χ1v) is 8.50. The number of hydrogen-bond donors (Lipinski definition) is 2. The molecule has 0 aliphatic heterocycles. The van der Waals surface area contributed by atoms with Crippen LogP contribution in [-0.2, 0) is 4.79 Å². The van der Waals surface area contributed by atoms with Crippen LogP contribution in [0.4, 0.5) is 23.2 Å². The minimum Gasteiger partial charge on any atom is -0.478 e. The number of amides is 1. The Balaban J connectivity index is 2.19. The number of nitrogens with one attached hydrogen (secondary N) is 1. The molecule has 29 heavy (non-hydrogen) atoms. The molecular formula is C18H12BrF4NO5. The Bertz CT molecular complexity index is 936. The Morgan fingerprint density at radius 2 is 1.66 bits per heavy atom. The molecule has 0 aliphatic rings. The van der Waals surface area contributed by atoms with Crippen LogP contribution in [0.2, 0.25) is 0 Å². The first kappa shape index (κ1) is 22.2. The molecule has 0 fully saturated rings. The normalized spacial score (nSPS) is 11.1. The van der Waals surface area contributed by atoms with E-state index < -0.39 is 36.6 Å². The molecule has 2 rings (SSSR count). The number of alkyl halides is 4. The average Bonchev–Trinajstić information content (AvgIpc) is 2.61. The third-order valence-corrected chi connectivity index (χ3v) is 3.79. The smallest absolute Gasteiger partial charge is 0.387 e. The predicted octanol–water partition coefficient (Wildman–Crippen LogP) is 5.00. The highest BCUT2D eigenvalue weighted by Gasteiger charge is 2.15. The van der Waals surface area contributed by atoms with Gasteiger partial charge < -0.3 is 19.9 Å². The van der Waals surface area contributed by atoms with Gasteiger partial charge in [0.05, 0.1) is 11.3 Å². The number of hydrogen-bond acceptors (Lipinski definition) is 4. The SMILES string of the molecule is O=C(/C=C/c1ccc(OC(F)F)c(OC(F)F)c1)Nc1cc(Br)ccc1C(=O)O. The zero-order valence-electron chi connectivity index (χ0n) is 14.2. The van der Waals surface area contributed by atoms with Crippen molar-refractivity contribution >= 4 is 39.6 Å². The second-order valence-corrected chi connectivity index (χ2v) is 6.20. The Hall–Kier alpha value is -3.08. The van der Waals surface area contributed by atoms with Gasteiger partial charge in [-0.05, 0) is 42.0 Å². The van der Waals surface area contributed by atoms with Crippen LogP contribution in [0.5, 0.6) is 11.5 Å². The van der Waals surface area contributed by atoms with Crippen LogP contribution in [-0.4, -0.2) is 30.2 Å². The van der Waals surface area contributed by atoms with E-state index in [4.69, 9.17) is 5.11 Å². The predicted molar refractivity (Wildman–Crippen MR) is 98.5 cm³/mol. The van der Waals surface area contributed by atoms with Crippen molar-refractivity contribution < 1.29 is 41.7 Å². The first-order valence-electron chi connectivity index (χ1n) is 7.71. The molecule has 2 aromatic rings. The fourth-order valence-corrected chi connectivity index (χ4v) is 2.52. The Morgan fingerprint density at radius 3 is 2.28 bits per heavy atom. The molecule has 0 aromatic heterocycles. The van der Waals surface area contributed by atoms with E-state index in [1.54, 1.807) is 0 Å². The summed E-state index contributed by atoms with van der Waals surface area (Å²) in [4.78, 5) is 23.3. The van der Waals surface area contributed by atoms with Gasteiger partial charge in [0.15, 0.2) is 11.5 Å². The van der Waals surface area contributed by atoms with Crippen molar-refractivity contribution in [1.29, 1.82) is 0 Å². The zero-order chi connectivity index (χ0) is 21.6. The molecule has 2 aromatic carbocycles. The van der Waals surface area contributed by atoms with E-state index >= 15 is 0 Å². The molecule has 6 nitrogen and oxygen atoms in total. The van der Waals surface area contributed by atoms with Gasteiger partial charge in [-0.2, -0.15) is 17.6 Å². The van der Waals surface area contributed by atoms with Crippen LogP contribution >= 0.6 is 15.9 Å². The van der Waals surface area contributed by atoms with Gasteiger partial charge in [-0.3, -0.25) is 4.79 Å². The maximum atomic E-state index is 12.5. The van der Waals surface area contributed by atoms with E-state index in [2.05, 4.69) is 30.7 Å². The van der Waals surface area contributed by atoms with Crippen molar-refractivity contribution in [2.75, 3.05) is 5.32 Å². The number of rotatable bonds is 8. The standard InChI is InChI=1S/C18H12BrF4NO5/c19-10-3-4-11(16(26)27)12(8-10)24-15(25)6-2-9-1-5-13(28-17(20)21)14(7-9)29-18(22)23/h1-8,17-18H,(H,24,25)(H,26,27)/b6-2+. The van der Waals surface area contributed by atoms with E-state index in [1.165, 1.54) is 30.3 Å². The summed E-state index contributed by atoms with van der Waals surface area (Å²) in [6.45, 7) is -6.51. The molecule has 0 radical (unpaired) electrons. The monoisotopic (exact) mass is 477 g/mol. The quantitative estimate of drug-likeness (QED) is 0.412. The molecular weight excluding hydrogens is 466 g/mol. The number of aromatic carboxylic acids is 1. The van der Waals surface area contributed by atoms with Crippen molar-refractivity contribution in [3.8, 4) is 11.5 Å². The number of carboxylic acid groups (broad SMARTS) is 1. The second kappa shape index (κ2) is 9.92. The molecule has 11 heteroatoms. The molecule has 1 amide bonds. The molecule has 0 saturated carbocycles. The molecule has 0 spiro atoms. The summed E-state index contributed by atoms with van der Waals surface area (Å²) in [7, 11) is 0. The number of carbonyl (C=O) groups excluding carboxylic acids is 1. The number of carboxylic acids is 1. The van der Waals surface area contributed by atoms with Gasteiger partial charge in [-0.15, -0.1) is 0 Å². The van der Waals surface area contributed by atoms with Gasteiger partial charge in [0.25, 0.3) is 0 Å². The summed E-state index contributed by atoms with van der Waals surface area (Å²) in [5.41, 5.74) is 0.0603. The number of carbonyl (C=O) groups is 2. The topological polar surface area (TPSA) is 84.9 Å². The Labute approximate surface area is 169 Å². The van der Waals surface area contributed by atoms with Crippen LogP contribution in [0.15, 0.2) is 46.9 Å². The third kappa shape index (κ3) is 6.79. The molecule has 0 unspecified atom stereocenters. The summed E-state index contributed by atoms with van der Waals surface area (Å²) in [5.74, 6) is -3.19. The molecule has 0 aliphatic carbocycles. The van der Waals surface area contributed by atoms with E-state index in [0.717, 1.165) is 18.2 Å². The van der Waals surface area contributed by atoms with E-state index in [0.29, 0.717) is 4.47 Å². The first-order chi connectivity index (χ1) is 13.7. The van der Waals surface area contributed by atoms with Crippen molar-refractivity contribution in [1.82, 2.24) is 0 Å². The minimum atomic E-state index is -3.27. The summed E-state index contributed by atoms with van der Waals surface area (Å²) in [5, 5.41) is 11.5. The third-order valence-electron chi connectivity index (χ3n) is 3.30. The highest BCUT2D eigenvalue weighted by atomic mass is 79.9. The van der Waals surface area contributed by atoms with Crippen LogP contribution in [0.3, 0.4) is 0 Å². The Morgan fingerprint density at radius 1 is 1.00 bits per heavy atom.